The second kappa shape index (κ2) is 6.27. The monoisotopic (exact) mass is 292 g/mol. The van der Waals surface area contributed by atoms with Crippen LogP contribution in [0.2, 0.25) is 0 Å². The minimum atomic E-state index is -5.00. The summed E-state index contributed by atoms with van der Waals surface area (Å²) in [6.45, 7) is 1.39. The van der Waals surface area contributed by atoms with Gasteiger partial charge in [-0.05, 0) is 19.1 Å². The zero-order chi connectivity index (χ0) is 15.3. The minimum Gasteiger partial charge on any atom is -0.497 e. The number of benzene rings is 1. The molecule has 0 spiro atoms. The molecule has 0 atom stereocenters. The number of methoxy groups -OCH3 is 1. The molecule has 1 rings (SSSR count). The van der Waals surface area contributed by atoms with Crippen molar-refractivity contribution in [2.24, 2.45) is 0 Å². The summed E-state index contributed by atoms with van der Waals surface area (Å²) < 4.78 is 49.7. The van der Waals surface area contributed by atoms with Crippen molar-refractivity contribution in [2.45, 2.75) is 13.3 Å². The van der Waals surface area contributed by atoms with Gasteiger partial charge in [0, 0.05) is 6.07 Å². The average Bonchev–Trinajstić information content (AvgIpc) is 2.36. The third-order valence-corrected chi connectivity index (χ3v) is 2.12. The van der Waals surface area contributed by atoms with Crippen molar-refractivity contribution in [3.63, 3.8) is 0 Å². The van der Waals surface area contributed by atoms with Gasteiger partial charge in [0.2, 0.25) is 0 Å². The fourth-order valence-electron chi connectivity index (χ4n) is 1.33. The Morgan fingerprint density at radius 1 is 1.25 bits per heavy atom. The lowest BCUT2D eigenvalue weighted by atomic mass is 10.1. The van der Waals surface area contributed by atoms with Gasteiger partial charge in [0.25, 0.3) is 5.78 Å². The number of hydrogen-bond donors (Lipinski definition) is 0. The van der Waals surface area contributed by atoms with Gasteiger partial charge in [-0.15, -0.1) is 13.2 Å². The highest BCUT2D eigenvalue weighted by Gasteiger charge is 2.34. The number of carbonyl (C=O) groups excluding carboxylic acids is 2. The van der Waals surface area contributed by atoms with Crippen LogP contribution in [0.1, 0.15) is 17.3 Å². The first-order valence-electron chi connectivity index (χ1n) is 5.43. The Balaban J connectivity index is 3.17. The zero-order valence-corrected chi connectivity index (χ0v) is 10.6. The third-order valence-electron chi connectivity index (χ3n) is 2.12. The van der Waals surface area contributed by atoms with E-state index in [0.717, 1.165) is 12.1 Å². The summed E-state index contributed by atoms with van der Waals surface area (Å²) in [6, 6.07) is 3.09. The Kier molecular flexibility index (Phi) is 4.95. The van der Waals surface area contributed by atoms with E-state index >= 15 is 0 Å². The number of esters is 1. The molecule has 0 bridgehead atoms. The Morgan fingerprint density at radius 2 is 1.90 bits per heavy atom. The Bertz CT molecular complexity index is 510. The molecule has 0 aliphatic carbocycles. The first-order valence-corrected chi connectivity index (χ1v) is 5.43. The van der Waals surface area contributed by atoms with E-state index < -0.39 is 29.4 Å². The highest BCUT2D eigenvalue weighted by molar-refractivity contribution is 6.41. The SMILES string of the molecule is CCOC(=O)C(=O)c1ccc(OC)cc1OC(F)(F)F. The van der Waals surface area contributed by atoms with E-state index in [1.165, 1.54) is 20.1 Å². The minimum absolute atomic E-state index is 0.0460. The number of rotatable bonds is 5. The lowest BCUT2D eigenvalue weighted by molar-refractivity contribution is -0.274. The summed E-state index contributed by atoms with van der Waals surface area (Å²) in [4.78, 5) is 23.0. The lowest BCUT2D eigenvalue weighted by Crippen LogP contribution is -2.22. The van der Waals surface area contributed by atoms with Crippen LogP contribution in [0.3, 0.4) is 0 Å². The largest absolute Gasteiger partial charge is 0.573 e. The summed E-state index contributed by atoms with van der Waals surface area (Å²) in [5, 5.41) is 0. The van der Waals surface area contributed by atoms with E-state index in [0.29, 0.717) is 0 Å². The number of halogens is 3. The summed E-state index contributed by atoms with van der Waals surface area (Å²) in [6.07, 6.45) is -5.00. The molecule has 8 heteroatoms. The number of Topliss-reactive ketones (excluding diaryl/α,β-unsaturated/α-hetero) is 1. The Morgan fingerprint density at radius 3 is 2.40 bits per heavy atom. The van der Waals surface area contributed by atoms with Crippen molar-refractivity contribution in [2.75, 3.05) is 13.7 Å². The van der Waals surface area contributed by atoms with Crippen molar-refractivity contribution in [1.82, 2.24) is 0 Å². The summed E-state index contributed by atoms with van der Waals surface area (Å²) in [5.41, 5.74) is -0.554. The normalized spacial score (nSPS) is 10.8. The van der Waals surface area contributed by atoms with Crippen LogP contribution in [0.25, 0.3) is 0 Å². The van der Waals surface area contributed by atoms with E-state index in [9.17, 15) is 22.8 Å². The van der Waals surface area contributed by atoms with Gasteiger partial charge in [-0.2, -0.15) is 0 Å². The van der Waals surface area contributed by atoms with Crippen molar-refractivity contribution >= 4 is 11.8 Å². The molecule has 0 aliphatic heterocycles. The number of carbonyl (C=O) groups is 2. The van der Waals surface area contributed by atoms with Gasteiger partial charge in [0.05, 0.1) is 19.3 Å². The van der Waals surface area contributed by atoms with Crippen LogP contribution < -0.4 is 9.47 Å². The van der Waals surface area contributed by atoms with Crippen LogP contribution in [0.4, 0.5) is 13.2 Å². The van der Waals surface area contributed by atoms with Crippen LogP contribution in [0.5, 0.6) is 11.5 Å². The van der Waals surface area contributed by atoms with Crippen LogP contribution in [0, 0.1) is 0 Å². The summed E-state index contributed by atoms with van der Waals surface area (Å²) in [7, 11) is 1.24. The number of alkyl halides is 3. The van der Waals surface area contributed by atoms with E-state index in [4.69, 9.17) is 4.74 Å². The van der Waals surface area contributed by atoms with Gasteiger partial charge in [-0.3, -0.25) is 4.79 Å². The molecule has 0 radical (unpaired) electrons. The molecule has 0 saturated heterocycles. The highest BCUT2D eigenvalue weighted by Crippen LogP contribution is 2.30. The predicted octanol–water partition coefficient (Wildman–Crippen LogP) is 2.34. The van der Waals surface area contributed by atoms with Gasteiger partial charge in [-0.25, -0.2) is 4.79 Å². The Hall–Kier alpha value is -2.25. The van der Waals surface area contributed by atoms with E-state index in [1.807, 2.05) is 0 Å². The van der Waals surface area contributed by atoms with Gasteiger partial charge in [0.1, 0.15) is 11.5 Å². The van der Waals surface area contributed by atoms with Crippen LogP contribution in [0.15, 0.2) is 18.2 Å². The van der Waals surface area contributed by atoms with Crippen molar-refractivity contribution in [3.05, 3.63) is 23.8 Å². The van der Waals surface area contributed by atoms with E-state index in [-0.39, 0.29) is 12.4 Å². The lowest BCUT2D eigenvalue weighted by Gasteiger charge is -2.13. The first kappa shape index (κ1) is 15.8. The Labute approximate surface area is 112 Å². The van der Waals surface area contributed by atoms with Crippen LogP contribution >= 0.6 is 0 Å². The standard InChI is InChI=1S/C12H11F3O5/c1-3-19-11(17)10(16)8-5-4-7(18-2)6-9(8)20-12(13,14)15/h4-6H,3H2,1-2H3. The van der Waals surface area contributed by atoms with Crippen molar-refractivity contribution in [1.29, 1.82) is 0 Å². The molecular formula is C12H11F3O5. The molecule has 0 N–H and O–H groups in total. The molecule has 0 aliphatic rings. The first-order chi connectivity index (χ1) is 9.28. The maximum Gasteiger partial charge on any atom is 0.573 e. The van der Waals surface area contributed by atoms with Crippen LogP contribution in [-0.4, -0.2) is 31.8 Å². The second-order valence-electron chi connectivity index (χ2n) is 3.46. The molecule has 0 saturated carbocycles. The van der Waals surface area contributed by atoms with Gasteiger partial charge in [-0.1, -0.05) is 0 Å². The van der Waals surface area contributed by atoms with Crippen molar-refractivity contribution < 1.29 is 37.0 Å². The third kappa shape index (κ3) is 4.15. The van der Waals surface area contributed by atoms with E-state index in [1.54, 1.807) is 0 Å². The fraction of sp³-hybridized carbons (Fsp3) is 0.333. The fourth-order valence-corrected chi connectivity index (χ4v) is 1.33. The van der Waals surface area contributed by atoms with Gasteiger partial charge >= 0.3 is 12.3 Å². The van der Waals surface area contributed by atoms with E-state index in [2.05, 4.69) is 9.47 Å². The molecule has 0 aromatic heterocycles. The maximum atomic E-state index is 12.3. The summed E-state index contributed by atoms with van der Waals surface area (Å²) in [5.74, 6) is -3.27. The smallest absolute Gasteiger partial charge is 0.497 e. The van der Waals surface area contributed by atoms with Crippen molar-refractivity contribution in [3.8, 4) is 11.5 Å². The molecule has 5 nitrogen and oxygen atoms in total. The number of ketones is 1. The predicted molar refractivity (Wildman–Crippen MR) is 60.6 cm³/mol. The topological polar surface area (TPSA) is 61.8 Å². The quantitative estimate of drug-likeness (QED) is 0.473. The highest BCUT2D eigenvalue weighted by atomic mass is 19.4. The summed E-state index contributed by atoms with van der Waals surface area (Å²) >= 11 is 0. The number of ether oxygens (including phenoxy) is 3. The zero-order valence-electron chi connectivity index (χ0n) is 10.6. The van der Waals surface area contributed by atoms with Gasteiger partial charge < -0.3 is 14.2 Å². The molecule has 1 aromatic carbocycles. The second-order valence-corrected chi connectivity index (χ2v) is 3.46. The molecule has 0 heterocycles. The molecule has 0 fully saturated rings. The molecule has 0 amide bonds. The molecule has 110 valence electrons. The van der Waals surface area contributed by atoms with Crippen LogP contribution in [-0.2, 0) is 9.53 Å². The molecule has 1 aromatic rings. The number of hydrogen-bond acceptors (Lipinski definition) is 5. The molecule has 0 unspecified atom stereocenters. The maximum absolute atomic E-state index is 12.3. The molecule has 20 heavy (non-hydrogen) atoms. The molecular weight excluding hydrogens is 281 g/mol. The average molecular weight is 292 g/mol. The van der Waals surface area contributed by atoms with Gasteiger partial charge in [0.15, 0.2) is 0 Å².